The zero-order chi connectivity index (χ0) is 14.3. The van der Waals surface area contributed by atoms with Crippen LogP contribution >= 0.6 is 11.8 Å². The van der Waals surface area contributed by atoms with Gasteiger partial charge < -0.3 is 15.5 Å². The number of nitrogens with one attached hydrogen (secondary N) is 1. The van der Waals surface area contributed by atoms with Gasteiger partial charge in [0.25, 0.3) is 5.91 Å². The highest BCUT2D eigenvalue weighted by Crippen LogP contribution is 2.06. The number of aliphatic hydroxyl groups excluding tert-OH is 1. The van der Waals surface area contributed by atoms with Gasteiger partial charge in [0, 0.05) is 5.56 Å². The standard InChI is InChI=1S/C13H17NO4S/c1-19-7-6-11(13(17)18)14-12(16)10-4-2-9(8-15)3-5-10/h2-5,11,15H,6-8H2,1H3,(H,14,16)(H,17,18). The van der Waals surface area contributed by atoms with Crippen molar-refractivity contribution in [2.75, 3.05) is 12.0 Å². The van der Waals surface area contributed by atoms with E-state index in [-0.39, 0.29) is 6.61 Å². The smallest absolute Gasteiger partial charge is 0.326 e. The summed E-state index contributed by atoms with van der Waals surface area (Å²) >= 11 is 1.53. The summed E-state index contributed by atoms with van der Waals surface area (Å²) in [6.07, 6.45) is 2.27. The number of hydrogen-bond donors (Lipinski definition) is 3. The molecule has 19 heavy (non-hydrogen) atoms. The zero-order valence-electron chi connectivity index (χ0n) is 10.6. The molecule has 0 radical (unpaired) electrons. The van der Waals surface area contributed by atoms with Crippen LogP contribution in [0, 0.1) is 0 Å². The molecule has 0 fully saturated rings. The van der Waals surface area contributed by atoms with E-state index in [2.05, 4.69) is 5.32 Å². The molecule has 1 aromatic rings. The molecular formula is C13H17NO4S. The van der Waals surface area contributed by atoms with Crippen LogP contribution in [0.25, 0.3) is 0 Å². The van der Waals surface area contributed by atoms with Gasteiger partial charge in [-0.15, -0.1) is 0 Å². The van der Waals surface area contributed by atoms with Crippen LogP contribution in [0.2, 0.25) is 0 Å². The van der Waals surface area contributed by atoms with Gasteiger partial charge in [0.05, 0.1) is 6.61 Å². The second-order valence-electron chi connectivity index (χ2n) is 4.00. The van der Waals surface area contributed by atoms with Gasteiger partial charge in [-0.1, -0.05) is 12.1 Å². The van der Waals surface area contributed by atoms with E-state index in [1.165, 1.54) is 11.8 Å². The third kappa shape index (κ3) is 4.92. The summed E-state index contributed by atoms with van der Waals surface area (Å²) in [6.45, 7) is -0.0899. The van der Waals surface area contributed by atoms with Gasteiger partial charge in [-0.05, 0) is 36.1 Å². The van der Waals surface area contributed by atoms with E-state index in [1.54, 1.807) is 24.3 Å². The van der Waals surface area contributed by atoms with Crippen LogP contribution in [0.3, 0.4) is 0 Å². The van der Waals surface area contributed by atoms with Gasteiger partial charge in [0.15, 0.2) is 0 Å². The highest BCUT2D eigenvalue weighted by atomic mass is 32.2. The van der Waals surface area contributed by atoms with Gasteiger partial charge >= 0.3 is 5.97 Å². The lowest BCUT2D eigenvalue weighted by Crippen LogP contribution is -2.41. The van der Waals surface area contributed by atoms with Crippen molar-refractivity contribution in [1.29, 1.82) is 0 Å². The van der Waals surface area contributed by atoms with Crippen LogP contribution in [-0.4, -0.2) is 40.1 Å². The summed E-state index contributed by atoms with van der Waals surface area (Å²) in [6, 6.07) is 5.51. The molecule has 0 saturated carbocycles. The van der Waals surface area contributed by atoms with Crippen LogP contribution in [0.5, 0.6) is 0 Å². The van der Waals surface area contributed by atoms with Gasteiger partial charge in [0.2, 0.25) is 0 Å². The fourth-order valence-corrected chi connectivity index (χ4v) is 1.97. The van der Waals surface area contributed by atoms with Gasteiger partial charge in [-0.3, -0.25) is 4.79 Å². The maximum Gasteiger partial charge on any atom is 0.326 e. The number of benzene rings is 1. The minimum absolute atomic E-state index is 0.0899. The lowest BCUT2D eigenvalue weighted by atomic mass is 10.1. The monoisotopic (exact) mass is 283 g/mol. The fourth-order valence-electron chi connectivity index (χ4n) is 1.50. The average Bonchev–Trinajstić information content (AvgIpc) is 2.43. The summed E-state index contributed by atoms with van der Waals surface area (Å²) in [4.78, 5) is 22.9. The Balaban J connectivity index is 2.67. The number of carboxylic acid groups (broad SMARTS) is 1. The lowest BCUT2D eigenvalue weighted by molar-refractivity contribution is -0.139. The molecule has 0 aliphatic rings. The number of aliphatic hydroxyl groups is 1. The highest BCUT2D eigenvalue weighted by molar-refractivity contribution is 7.98. The lowest BCUT2D eigenvalue weighted by Gasteiger charge is -2.14. The van der Waals surface area contributed by atoms with E-state index in [4.69, 9.17) is 10.2 Å². The SMILES string of the molecule is CSCCC(NC(=O)c1ccc(CO)cc1)C(=O)O. The van der Waals surface area contributed by atoms with E-state index in [1.807, 2.05) is 6.26 Å². The normalized spacial score (nSPS) is 11.9. The average molecular weight is 283 g/mol. The maximum absolute atomic E-state index is 11.9. The number of carboxylic acids is 1. The second-order valence-corrected chi connectivity index (χ2v) is 4.99. The van der Waals surface area contributed by atoms with E-state index >= 15 is 0 Å². The van der Waals surface area contributed by atoms with Crippen molar-refractivity contribution < 1.29 is 19.8 Å². The Kier molecular flexibility index (Phi) is 6.38. The van der Waals surface area contributed by atoms with Crippen LogP contribution in [0.1, 0.15) is 22.3 Å². The molecule has 1 rings (SSSR count). The van der Waals surface area contributed by atoms with E-state index in [0.29, 0.717) is 23.3 Å². The first-order valence-electron chi connectivity index (χ1n) is 5.81. The predicted octanol–water partition coefficient (Wildman–Crippen LogP) is 1.11. The number of amides is 1. The topological polar surface area (TPSA) is 86.6 Å². The number of aliphatic carboxylic acids is 1. The molecule has 0 heterocycles. The molecule has 5 nitrogen and oxygen atoms in total. The molecule has 0 bridgehead atoms. The molecule has 0 aromatic heterocycles. The Morgan fingerprint density at radius 2 is 1.95 bits per heavy atom. The largest absolute Gasteiger partial charge is 0.480 e. The van der Waals surface area contributed by atoms with Crippen LogP contribution in [-0.2, 0) is 11.4 Å². The van der Waals surface area contributed by atoms with E-state index in [9.17, 15) is 9.59 Å². The summed E-state index contributed by atoms with van der Waals surface area (Å²) in [5, 5.41) is 20.4. The summed E-state index contributed by atoms with van der Waals surface area (Å²) < 4.78 is 0. The zero-order valence-corrected chi connectivity index (χ0v) is 11.4. The maximum atomic E-state index is 11.9. The van der Waals surface area contributed by atoms with Gasteiger partial charge in [-0.25, -0.2) is 4.79 Å². The number of hydrogen-bond acceptors (Lipinski definition) is 4. The van der Waals surface area contributed by atoms with Gasteiger partial charge in [-0.2, -0.15) is 11.8 Å². The molecule has 6 heteroatoms. The number of rotatable bonds is 7. The molecule has 0 spiro atoms. The summed E-state index contributed by atoms with van der Waals surface area (Å²) in [5.74, 6) is -0.784. The third-order valence-electron chi connectivity index (χ3n) is 2.61. The van der Waals surface area contributed by atoms with Crippen molar-refractivity contribution >= 4 is 23.6 Å². The predicted molar refractivity (Wildman–Crippen MR) is 74.3 cm³/mol. The first kappa shape index (κ1) is 15.5. The van der Waals surface area contributed by atoms with Crippen molar-refractivity contribution in [3.05, 3.63) is 35.4 Å². The Labute approximate surface area is 116 Å². The van der Waals surface area contributed by atoms with Crippen LogP contribution in [0.15, 0.2) is 24.3 Å². The Bertz CT molecular complexity index is 433. The molecule has 3 N–H and O–H groups in total. The fraction of sp³-hybridized carbons (Fsp3) is 0.385. The van der Waals surface area contributed by atoms with E-state index in [0.717, 1.165) is 0 Å². The summed E-state index contributed by atoms with van der Waals surface area (Å²) in [7, 11) is 0. The second kappa shape index (κ2) is 7.81. The number of thioether (sulfide) groups is 1. The molecule has 1 unspecified atom stereocenters. The molecule has 104 valence electrons. The molecule has 1 atom stereocenters. The quantitative estimate of drug-likeness (QED) is 0.698. The molecule has 0 aliphatic carbocycles. The minimum atomic E-state index is -1.03. The van der Waals surface area contributed by atoms with E-state index < -0.39 is 17.9 Å². The van der Waals surface area contributed by atoms with Crippen LogP contribution < -0.4 is 5.32 Å². The van der Waals surface area contributed by atoms with Crippen molar-refractivity contribution in [3.63, 3.8) is 0 Å². The number of carbonyl (C=O) groups excluding carboxylic acids is 1. The van der Waals surface area contributed by atoms with Crippen LogP contribution in [0.4, 0.5) is 0 Å². The third-order valence-corrected chi connectivity index (χ3v) is 3.26. The molecular weight excluding hydrogens is 266 g/mol. The van der Waals surface area contributed by atoms with Crippen molar-refractivity contribution in [2.24, 2.45) is 0 Å². The van der Waals surface area contributed by atoms with Gasteiger partial charge in [0.1, 0.15) is 6.04 Å². The molecule has 1 aromatic carbocycles. The summed E-state index contributed by atoms with van der Waals surface area (Å²) in [5.41, 5.74) is 1.08. The Hall–Kier alpha value is -1.53. The van der Waals surface area contributed by atoms with Crippen molar-refractivity contribution in [2.45, 2.75) is 19.1 Å². The first-order valence-corrected chi connectivity index (χ1v) is 7.20. The van der Waals surface area contributed by atoms with Crippen molar-refractivity contribution in [1.82, 2.24) is 5.32 Å². The molecule has 0 aliphatic heterocycles. The minimum Gasteiger partial charge on any atom is -0.480 e. The Morgan fingerprint density at radius 1 is 1.32 bits per heavy atom. The molecule has 1 amide bonds. The first-order chi connectivity index (χ1) is 9.08. The Morgan fingerprint density at radius 3 is 2.42 bits per heavy atom. The molecule has 0 saturated heterocycles. The number of carbonyl (C=O) groups is 2. The highest BCUT2D eigenvalue weighted by Gasteiger charge is 2.19. The van der Waals surface area contributed by atoms with Crippen molar-refractivity contribution in [3.8, 4) is 0 Å².